The summed E-state index contributed by atoms with van der Waals surface area (Å²) in [6.45, 7) is 5.93. The summed E-state index contributed by atoms with van der Waals surface area (Å²) >= 11 is 0. The van der Waals surface area contributed by atoms with Crippen molar-refractivity contribution >= 4 is 11.6 Å². The number of hydrogen-bond acceptors (Lipinski definition) is 2. The Morgan fingerprint density at radius 3 is 2.59 bits per heavy atom. The predicted molar refractivity (Wildman–Crippen MR) is 68.6 cm³/mol. The first-order chi connectivity index (χ1) is 8.06. The lowest BCUT2D eigenvalue weighted by Gasteiger charge is -2.15. The molecule has 0 bridgehead atoms. The Hall–Kier alpha value is -1.82. The van der Waals surface area contributed by atoms with Gasteiger partial charge in [0.2, 0.25) is 5.91 Å². The van der Waals surface area contributed by atoms with Crippen LogP contribution in [0, 0.1) is 17.2 Å². The molecule has 3 nitrogen and oxygen atoms in total. The Kier molecular flexibility index (Phi) is 4.71. The maximum absolute atomic E-state index is 11.8. The molecule has 1 rings (SSSR count). The van der Waals surface area contributed by atoms with Gasteiger partial charge in [-0.1, -0.05) is 39.0 Å². The van der Waals surface area contributed by atoms with Gasteiger partial charge in [-0.15, -0.1) is 0 Å². The lowest BCUT2D eigenvalue weighted by molar-refractivity contribution is -0.119. The number of nitrogens with zero attached hydrogens (tertiary/aromatic N) is 1. The van der Waals surface area contributed by atoms with E-state index >= 15 is 0 Å². The SMILES string of the molecule is CC(CC#N)C(=O)Nc1ccccc1C(C)C. The molecule has 0 saturated carbocycles. The lowest BCUT2D eigenvalue weighted by Crippen LogP contribution is -2.20. The van der Waals surface area contributed by atoms with Crippen molar-refractivity contribution in [3.8, 4) is 6.07 Å². The van der Waals surface area contributed by atoms with Crippen molar-refractivity contribution < 1.29 is 4.79 Å². The number of hydrogen-bond donors (Lipinski definition) is 1. The van der Waals surface area contributed by atoms with Crippen molar-refractivity contribution in [3.63, 3.8) is 0 Å². The third-order valence-electron chi connectivity index (χ3n) is 2.69. The van der Waals surface area contributed by atoms with Crippen molar-refractivity contribution in [1.29, 1.82) is 5.26 Å². The van der Waals surface area contributed by atoms with E-state index in [-0.39, 0.29) is 18.2 Å². The summed E-state index contributed by atoms with van der Waals surface area (Å²) in [4.78, 5) is 11.8. The summed E-state index contributed by atoms with van der Waals surface area (Å²) in [5.74, 6) is -0.0161. The molecule has 0 spiro atoms. The van der Waals surface area contributed by atoms with E-state index in [1.165, 1.54) is 0 Å². The third kappa shape index (κ3) is 3.60. The van der Waals surface area contributed by atoms with Gasteiger partial charge in [-0.3, -0.25) is 4.79 Å². The average molecular weight is 230 g/mol. The molecule has 3 heteroatoms. The fourth-order valence-corrected chi connectivity index (χ4v) is 1.60. The summed E-state index contributed by atoms with van der Waals surface area (Å²) in [7, 11) is 0. The molecule has 1 amide bonds. The molecule has 0 fully saturated rings. The molecule has 0 aromatic heterocycles. The number of nitriles is 1. The molecule has 90 valence electrons. The summed E-state index contributed by atoms with van der Waals surface area (Å²) < 4.78 is 0. The van der Waals surface area contributed by atoms with Gasteiger partial charge in [0, 0.05) is 18.0 Å². The van der Waals surface area contributed by atoms with Gasteiger partial charge in [-0.2, -0.15) is 5.26 Å². The minimum Gasteiger partial charge on any atom is -0.326 e. The van der Waals surface area contributed by atoms with E-state index in [4.69, 9.17) is 5.26 Å². The Balaban J connectivity index is 2.82. The van der Waals surface area contributed by atoms with E-state index in [1.54, 1.807) is 6.92 Å². The quantitative estimate of drug-likeness (QED) is 0.862. The van der Waals surface area contributed by atoms with Crippen LogP contribution in [0.4, 0.5) is 5.69 Å². The highest BCUT2D eigenvalue weighted by Crippen LogP contribution is 2.24. The first-order valence-electron chi connectivity index (χ1n) is 5.83. The van der Waals surface area contributed by atoms with Gasteiger partial charge in [-0.05, 0) is 17.5 Å². The highest BCUT2D eigenvalue weighted by molar-refractivity contribution is 5.93. The number of nitrogens with one attached hydrogen (secondary N) is 1. The summed E-state index contributed by atoms with van der Waals surface area (Å²) in [5.41, 5.74) is 1.96. The predicted octanol–water partition coefficient (Wildman–Crippen LogP) is 3.30. The first-order valence-corrected chi connectivity index (χ1v) is 5.83. The minimum atomic E-state index is -0.278. The molecule has 0 aliphatic carbocycles. The largest absolute Gasteiger partial charge is 0.326 e. The second-order valence-electron chi connectivity index (χ2n) is 4.49. The van der Waals surface area contributed by atoms with E-state index in [0.29, 0.717) is 5.92 Å². The number of benzene rings is 1. The van der Waals surface area contributed by atoms with E-state index in [1.807, 2.05) is 30.3 Å². The molecule has 1 aromatic rings. The van der Waals surface area contributed by atoms with Crippen LogP contribution in [0.3, 0.4) is 0 Å². The Morgan fingerprint density at radius 1 is 1.35 bits per heavy atom. The molecule has 0 saturated heterocycles. The normalized spacial score (nSPS) is 11.9. The van der Waals surface area contributed by atoms with E-state index in [9.17, 15) is 4.79 Å². The molecule has 17 heavy (non-hydrogen) atoms. The highest BCUT2D eigenvalue weighted by atomic mass is 16.1. The van der Waals surface area contributed by atoms with Crippen molar-refractivity contribution in [2.24, 2.45) is 5.92 Å². The van der Waals surface area contributed by atoms with Crippen LogP contribution in [-0.2, 0) is 4.79 Å². The molecule has 0 radical (unpaired) electrons. The van der Waals surface area contributed by atoms with E-state index in [0.717, 1.165) is 11.3 Å². The summed E-state index contributed by atoms with van der Waals surface area (Å²) in [6.07, 6.45) is 0.246. The fourth-order valence-electron chi connectivity index (χ4n) is 1.60. The smallest absolute Gasteiger partial charge is 0.228 e. The molecule has 1 unspecified atom stereocenters. The van der Waals surface area contributed by atoms with Crippen LogP contribution in [0.15, 0.2) is 24.3 Å². The molecular weight excluding hydrogens is 212 g/mol. The fraction of sp³-hybridized carbons (Fsp3) is 0.429. The minimum absolute atomic E-state index is 0.0975. The second kappa shape index (κ2) is 6.05. The van der Waals surface area contributed by atoms with Gasteiger partial charge in [0.15, 0.2) is 0 Å². The van der Waals surface area contributed by atoms with Crippen LogP contribution < -0.4 is 5.32 Å². The van der Waals surface area contributed by atoms with Crippen molar-refractivity contribution in [2.45, 2.75) is 33.1 Å². The summed E-state index contributed by atoms with van der Waals surface area (Å²) in [6, 6.07) is 9.78. The zero-order valence-electron chi connectivity index (χ0n) is 10.5. The van der Waals surface area contributed by atoms with E-state index < -0.39 is 0 Å². The van der Waals surface area contributed by atoms with Gasteiger partial charge in [0.1, 0.15) is 0 Å². The zero-order valence-corrected chi connectivity index (χ0v) is 10.5. The number of rotatable bonds is 4. The molecule has 1 atom stereocenters. The standard InChI is InChI=1S/C14H18N2O/c1-10(2)12-6-4-5-7-13(12)16-14(17)11(3)8-9-15/h4-7,10-11H,8H2,1-3H3,(H,16,17). The second-order valence-corrected chi connectivity index (χ2v) is 4.49. The van der Waals surface area contributed by atoms with Crippen LogP contribution in [0.5, 0.6) is 0 Å². The topological polar surface area (TPSA) is 52.9 Å². The molecule has 1 N–H and O–H groups in total. The number of carbonyl (C=O) groups excluding carboxylic acids is 1. The van der Waals surface area contributed by atoms with Gasteiger partial charge < -0.3 is 5.32 Å². The average Bonchev–Trinajstić information content (AvgIpc) is 2.29. The van der Waals surface area contributed by atoms with Gasteiger partial charge >= 0.3 is 0 Å². The van der Waals surface area contributed by atoms with Crippen LogP contribution in [0.1, 0.15) is 38.7 Å². The van der Waals surface area contributed by atoms with Gasteiger partial charge in [0.25, 0.3) is 0 Å². The Morgan fingerprint density at radius 2 is 2.00 bits per heavy atom. The van der Waals surface area contributed by atoms with Crippen LogP contribution >= 0.6 is 0 Å². The van der Waals surface area contributed by atoms with E-state index in [2.05, 4.69) is 19.2 Å². The van der Waals surface area contributed by atoms with Gasteiger partial charge in [-0.25, -0.2) is 0 Å². The molecule has 0 aliphatic rings. The maximum Gasteiger partial charge on any atom is 0.228 e. The van der Waals surface area contributed by atoms with Crippen LogP contribution in [0.2, 0.25) is 0 Å². The van der Waals surface area contributed by atoms with Crippen molar-refractivity contribution in [3.05, 3.63) is 29.8 Å². The molecule has 1 aromatic carbocycles. The number of amides is 1. The Bertz CT molecular complexity index is 432. The Labute approximate surface area is 102 Å². The first kappa shape index (κ1) is 13.2. The lowest BCUT2D eigenvalue weighted by atomic mass is 10.0. The number of para-hydroxylation sites is 1. The molecule has 0 aliphatic heterocycles. The van der Waals surface area contributed by atoms with Crippen molar-refractivity contribution in [2.75, 3.05) is 5.32 Å². The monoisotopic (exact) mass is 230 g/mol. The third-order valence-corrected chi connectivity index (χ3v) is 2.69. The molecular formula is C14H18N2O. The van der Waals surface area contributed by atoms with Crippen LogP contribution in [-0.4, -0.2) is 5.91 Å². The van der Waals surface area contributed by atoms with Crippen molar-refractivity contribution in [1.82, 2.24) is 0 Å². The number of anilines is 1. The van der Waals surface area contributed by atoms with Crippen LogP contribution in [0.25, 0.3) is 0 Å². The summed E-state index contributed by atoms with van der Waals surface area (Å²) in [5, 5.41) is 11.5. The highest BCUT2D eigenvalue weighted by Gasteiger charge is 2.14. The number of carbonyl (C=O) groups is 1. The zero-order chi connectivity index (χ0) is 12.8. The maximum atomic E-state index is 11.8. The molecule has 0 heterocycles. The van der Waals surface area contributed by atoms with Gasteiger partial charge in [0.05, 0.1) is 6.07 Å².